The topological polar surface area (TPSA) is 93.5 Å². The number of nitrogens with zero attached hydrogens (tertiary/aromatic N) is 1. The molecule has 0 aliphatic carbocycles. The first-order chi connectivity index (χ1) is 13.3. The highest BCUT2D eigenvalue weighted by Crippen LogP contribution is 2.27. The van der Waals surface area contributed by atoms with Gasteiger partial charge in [0, 0.05) is 17.3 Å². The lowest BCUT2D eigenvalue weighted by Gasteiger charge is -2.11. The van der Waals surface area contributed by atoms with Gasteiger partial charge in [0.05, 0.1) is 11.5 Å². The maximum atomic E-state index is 12.4. The van der Waals surface area contributed by atoms with Crippen molar-refractivity contribution in [2.75, 3.05) is 11.9 Å². The average Bonchev–Trinajstić information content (AvgIpc) is 2.63. The number of benzene rings is 2. The molecule has 0 aliphatic rings. The minimum Gasteiger partial charge on any atom is -0.494 e. The van der Waals surface area contributed by atoms with Gasteiger partial charge in [-0.05, 0) is 54.9 Å². The van der Waals surface area contributed by atoms with Crippen LogP contribution in [0.1, 0.15) is 30.6 Å². The van der Waals surface area contributed by atoms with Gasteiger partial charge in [-0.2, -0.15) is 0 Å². The van der Waals surface area contributed by atoms with Crippen molar-refractivity contribution in [2.45, 2.75) is 20.3 Å². The second kappa shape index (κ2) is 10.0. The van der Waals surface area contributed by atoms with Crippen molar-refractivity contribution in [3.63, 3.8) is 0 Å². The van der Waals surface area contributed by atoms with Crippen LogP contribution < -0.4 is 15.4 Å². The highest BCUT2D eigenvalue weighted by molar-refractivity contribution is 7.80. The van der Waals surface area contributed by atoms with Gasteiger partial charge in [-0.15, -0.1) is 0 Å². The van der Waals surface area contributed by atoms with E-state index >= 15 is 0 Å². The van der Waals surface area contributed by atoms with E-state index in [0.717, 1.165) is 6.42 Å². The molecule has 7 nitrogen and oxygen atoms in total. The second-order valence-corrected chi connectivity index (χ2v) is 7.21. The molecule has 9 heteroatoms. The van der Waals surface area contributed by atoms with E-state index in [4.69, 9.17) is 28.6 Å². The molecule has 0 bridgehead atoms. The summed E-state index contributed by atoms with van der Waals surface area (Å²) < 4.78 is 5.65. The van der Waals surface area contributed by atoms with Crippen molar-refractivity contribution in [1.82, 2.24) is 5.32 Å². The molecule has 0 heterocycles. The molecule has 0 fully saturated rings. The predicted octanol–water partition coefficient (Wildman–Crippen LogP) is 4.80. The number of nitro benzene ring substituents is 1. The maximum Gasteiger partial charge on any atom is 0.289 e. The molecular formula is C19H20ClN3O4S. The van der Waals surface area contributed by atoms with Gasteiger partial charge in [0.1, 0.15) is 10.8 Å². The number of thiocarbonyl (C=S) groups is 1. The smallest absolute Gasteiger partial charge is 0.289 e. The number of nitrogens with one attached hydrogen (secondary N) is 2. The van der Waals surface area contributed by atoms with Crippen LogP contribution in [-0.4, -0.2) is 22.5 Å². The largest absolute Gasteiger partial charge is 0.494 e. The molecule has 2 aromatic carbocycles. The summed E-state index contributed by atoms with van der Waals surface area (Å²) in [4.78, 5) is 22.7. The van der Waals surface area contributed by atoms with E-state index in [1.807, 2.05) is 0 Å². The minimum atomic E-state index is -0.597. The molecule has 28 heavy (non-hydrogen) atoms. The Labute approximate surface area is 173 Å². The summed E-state index contributed by atoms with van der Waals surface area (Å²) in [5, 5.41) is 16.2. The Bertz CT molecular complexity index is 889. The fourth-order valence-electron chi connectivity index (χ4n) is 2.21. The van der Waals surface area contributed by atoms with Crippen LogP contribution >= 0.6 is 23.8 Å². The summed E-state index contributed by atoms with van der Waals surface area (Å²) in [7, 11) is 0. The SMILES string of the molecule is CC(C)CCOc1cccc(C(=O)NC(=S)Nc2ccc(Cl)c([N+](=O)[O-])c2)c1. The lowest BCUT2D eigenvalue weighted by Crippen LogP contribution is -2.34. The fourth-order valence-corrected chi connectivity index (χ4v) is 2.60. The molecule has 0 aliphatic heterocycles. The molecule has 0 saturated carbocycles. The predicted molar refractivity (Wildman–Crippen MR) is 113 cm³/mol. The van der Waals surface area contributed by atoms with E-state index in [9.17, 15) is 14.9 Å². The van der Waals surface area contributed by atoms with Crippen LogP contribution in [0.5, 0.6) is 5.75 Å². The van der Waals surface area contributed by atoms with Crippen LogP contribution in [0.15, 0.2) is 42.5 Å². The Hall–Kier alpha value is -2.71. The summed E-state index contributed by atoms with van der Waals surface area (Å²) in [5.74, 6) is 0.703. The second-order valence-electron chi connectivity index (χ2n) is 6.39. The zero-order valence-corrected chi connectivity index (χ0v) is 17.0. The molecule has 0 radical (unpaired) electrons. The molecule has 0 atom stereocenters. The van der Waals surface area contributed by atoms with Gasteiger partial charge in [-0.25, -0.2) is 0 Å². The van der Waals surface area contributed by atoms with Gasteiger partial charge in [0.15, 0.2) is 5.11 Å². The molecular weight excluding hydrogens is 402 g/mol. The quantitative estimate of drug-likeness (QED) is 0.379. The Balaban J connectivity index is 1.98. The standard InChI is InChI=1S/C19H20ClN3O4S/c1-12(2)8-9-27-15-5-3-4-13(10-15)18(24)22-19(28)21-14-6-7-16(20)17(11-14)23(25)26/h3-7,10-12H,8-9H2,1-2H3,(H2,21,22,24,28). The van der Waals surface area contributed by atoms with Crippen molar-refractivity contribution in [1.29, 1.82) is 0 Å². The normalized spacial score (nSPS) is 10.4. The number of hydrogen-bond donors (Lipinski definition) is 2. The number of halogens is 1. The first-order valence-corrected chi connectivity index (χ1v) is 9.34. The third-order valence-electron chi connectivity index (χ3n) is 3.69. The fraction of sp³-hybridized carbons (Fsp3) is 0.263. The van der Waals surface area contributed by atoms with Crippen molar-refractivity contribution in [3.8, 4) is 5.75 Å². The monoisotopic (exact) mass is 421 g/mol. The number of anilines is 1. The van der Waals surface area contributed by atoms with Crippen LogP contribution in [-0.2, 0) is 0 Å². The maximum absolute atomic E-state index is 12.4. The molecule has 0 spiro atoms. The van der Waals surface area contributed by atoms with Crippen LogP contribution in [0, 0.1) is 16.0 Å². The van der Waals surface area contributed by atoms with Crippen molar-refractivity contribution in [2.24, 2.45) is 5.92 Å². The van der Waals surface area contributed by atoms with Gasteiger partial charge in [-0.3, -0.25) is 20.2 Å². The molecule has 0 aromatic heterocycles. The Morgan fingerprint density at radius 2 is 2.04 bits per heavy atom. The number of carbonyl (C=O) groups is 1. The average molecular weight is 422 g/mol. The third-order valence-corrected chi connectivity index (χ3v) is 4.21. The van der Waals surface area contributed by atoms with Gasteiger partial charge in [-0.1, -0.05) is 31.5 Å². The van der Waals surface area contributed by atoms with Gasteiger partial charge in [0.2, 0.25) is 0 Å². The Kier molecular flexibility index (Phi) is 7.71. The zero-order chi connectivity index (χ0) is 20.7. The van der Waals surface area contributed by atoms with Crippen molar-refractivity contribution < 1.29 is 14.5 Å². The Morgan fingerprint density at radius 3 is 2.71 bits per heavy atom. The molecule has 0 unspecified atom stereocenters. The minimum absolute atomic E-state index is 0.00718. The molecule has 2 rings (SSSR count). The molecule has 148 valence electrons. The summed E-state index contributed by atoms with van der Waals surface area (Å²) in [5.41, 5.74) is 0.465. The van der Waals surface area contributed by atoms with E-state index in [2.05, 4.69) is 24.5 Å². The molecule has 0 saturated heterocycles. The van der Waals surface area contributed by atoms with Gasteiger partial charge in [0.25, 0.3) is 11.6 Å². The van der Waals surface area contributed by atoms with Crippen LogP contribution in [0.25, 0.3) is 0 Å². The van der Waals surface area contributed by atoms with E-state index in [1.54, 1.807) is 24.3 Å². The summed E-state index contributed by atoms with van der Waals surface area (Å²) in [6.07, 6.45) is 0.914. The molecule has 1 amide bonds. The lowest BCUT2D eigenvalue weighted by atomic mass is 10.1. The first kappa shape index (κ1) is 21.6. The van der Waals surface area contributed by atoms with E-state index in [1.165, 1.54) is 18.2 Å². The zero-order valence-electron chi connectivity index (χ0n) is 15.4. The van der Waals surface area contributed by atoms with Gasteiger partial charge >= 0.3 is 0 Å². The molecule has 2 aromatic rings. The van der Waals surface area contributed by atoms with Gasteiger partial charge < -0.3 is 10.1 Å². The summed E-state index contributed by atoms with van der Waals surface area (Å²) >= 11 is 10.9. The first-order valence-electron chi connectivity index (χ1n) is 8.55. The van der Waals surface area contributed by atoms with Crippen molar-refractivity contribution in [3.05, 3.63) is 63.2 Å². The number of rotatable bonds is 7. The van der Waals surface area contributed by atoms with E-state index in [0.29, 0.717) is 29.5 Å². The van der Waals surface area contributed by atoms with E-state index in [-0.39, 0.29) is 15.8 Å². The molecule has 2 N–H and O–H groups in total. The number of hydrogen-bond acceptors (Lipinski definition) is 5. The highest BCUT2D eigenvalue weighted by atomic mass is 35.5. The summed E-state index contributed by atoms with van der Waals surface area (Å²) in [6, 6.07) is 10.9. The van der Waals surface area contributed by atoms with Crippen LogP contribution in [0.2, 0.25) is 5.02 Å². The number of amides is 1. The lowest BCUT2D eigenvalue weighted by molar-refractivity contribution is -0.384. The third kappa shape index (κ3) is 6.47. The van der Waals surface area contributed by atoms with E-state index < -0.39 is 10.8 Å². The van der Waals surface area contributed by atoms with Crippen molar-refractivity contribution >= 4 is 46.2 Å². The Morgan fingerprint density at radius 1 is 1.29 bits per heavy atom. The highest BCUT2D eigenvalue weighted by Gasteiger charge is 2.14. The van der Waals surface area contributed by atoms with Crippen LogP contribution in [0.4, 0.5) is 11.4 Å². The number of carbonyl (C=O) groups excluding carboxylic acids is 1. The van der Waals surface area contributed by atoms with Crippen LogP contribution in [0.3, 0.4) is 0 Å². The summed E-state index contributed by atoms with van der Waals surface area (Å²) in [6.45, 7) is 4.78. The number of nitro groups is 1. The number of ether oxygens (including phenoxy) is 1.